The number of rotatable bonds is 7. The highest BCUT2D eigenvalue weighted by molar-refractivity contribution is 7.91. The summed E-state index contributed by atoms with van der Waals surface area (Å²) in [6.45, 7) is 6.34. The third-order valence-electron chi connectivity index (χ3n) is 7.30. The van der Waals surface area contributed by atoms with Crippen molar-refractivity contribution in [3.63, 3.8) is 0 Å². The largest absolute Gasteiger partial charge is 0.444 e. The Balaban J connectivity index is 1.75. The van der Waals surface area contributed by atoms with Gasteiger partial charge in [0, 0.05) is 24.2 Å². The lowest BCUT2D eigenvalue weighted by molar-refractivity contribution is -0.138. The number of amides is 1. The van der Waals surface area contributed by atoms with Gasteiger partial charge in [-0.05, 0) is 75.5 Å². The van der Waals surface area contributed by atoms with Gasteiger partial charge in [0.25, 0.3) is 5.56 Å². The first-order chi connectivity index (χ1) is 20.8. The molecule has 0 aliphatic carbocycles. The van der Waals surface area contributed by atoms with Crippen LogP contribution in [0.3, 0.4) is 0 Å². The number of aromatic amines is 1. The van der Waals surface area contributed by atoms with E-state index in [1.807, 2.05) is 0 Å². The lowest BCUT2D eigenvalue weighted by Crippen LogP contribution is -2.48. The second-order valence-electron chi connectivity index (χ2n) is 11.8. The molecule has 10 nitrogen and oxygen atoms in total. The number of hydrogen-bond donors (Lipinski definition) is 2. The highest BCUT2D eigenvalue weighted by Gasteiger charge is 2.37. The summed E-state index contributed by atoms with van der Waals surface area (Å²) in [5.41, 5.74) is -4.57. The predicted octanol–water partition coefficient (Wildman–Crippen LogP) is 5.35. The lowest BCUT2D eigenvalue weighted by atomic mass is 10.0. The van der Waals surface area contributed by atoms with E-state index in [1.54, 1.807) is 25.7 Å². The number of piperidine rings is 1. The Morgan fingerprint density at radius 2 is 1.82 bits per heavy atom. The maximum absolute atomic E-state index is 14.4. The molecule has 1 aromatic heterocycles. The Kier molecular flexibility index (Phi) is 10.0. The van der Waals surface area contributed by atoms with Crippen molar-refractivity contribution in [2.45, 2.75) is 76.3 Å². The smallest absolute Gasteiger partial charge is 0.416 e. The highest BCUT2D eigenvalue weighted by Crippen LogP contribution is 2.39. The second kappa shape index (κ2) is 13.0. The monoisotopic (exact) mass is 692 g/mol. The number of alkyl carbamates (subject to hydrolysis) is 1. The summed E-state index contributed by atoms with van der Waals surface area (Å²) in [7, 11) is -3.80. The molecule has 1 saturated heterocycles. The number of alkyl halides is 3. The number of nitrogens with zero attached hydrogens (tertiary/aromatic N) is 2. The van der Waals surface area contributed by atoms with Crippen molar-refractivity contribution in [1.29, 1.82) is 0 Å². The van der Waals surface area contributed by atoms with Crippen LogP contribution < -0.4 is 16.6 Å². The van der Waals surface area contributed by atoms with E-state index < -0.39 is 61.5 Å². The molecule has 16 heteroatoms. The van der Waals surface area contributed by atoms with Gasteiger partial charge in [-0.1, -0.05) is 30.1 Å². The van der Waals surface area contributed by atoms with Gasteiger partial charge < -0.3 is 15.0 Å². The number of likely N-dealkylation sites (tertiary alicyclic amines) is 1. The Morgan fingerprint density at radius 3 is 2.44 bits per heavy atom. The first-order valence-corrected chi connectivity index (χ1v) is 16.5. The molecule has 1 amide bonds. The van der Waals surface area contributed by atoms with E-state index >= 15 is 0 Å². The molecule has 2 aromatic carbocycles. The molecular weight excluding hydrogens is 660 g/mol. The van der Waals surface area contributed by atoms with Gasteiger partial charge in [0.15, 0.2) is 9.84 Å². The van der Waals surface area contributed by atoms with E-state index in [4.69, 9.17) is 27.9 Å². The number of ether oxygens (including phenoxy) is 1. The first kappa shape index (κ1) is 34.8. The Bertz CT molecular complexity index is 1850. The molecule has 1 fully saturated rings. The number of hydrogen-bond acceptors (Lipinski definition) is 7. The van der Waals surface area contributed by atoms with Crippen LogP contribution in [0, 0.1) is 0 Å². The SMILES string of the molecule is CCS(=O)(=O)c1ccc(Cl)cc1Cn1c(=O)[nH]c2c(Cl)c(CN3CCCC(NC(=O)OC(C)(C)C)C3)c(C(F)(F)F)cc2c1=O. The molecule has 2 N–H and O–H groups in total. The van der Waals surface area contributed by atoms with Gasteiger partial charge in [-0.3, -0.25) is 14.3 Å². The van der Waals surface area contributed by atoms with Gasteiger partial charge in [0.2, 0.25) is 0 Å². The topological polar surface area (TPSA) is 131 Å². The lowest BCUT2D eigenvalue weighted by Gasteiger charge is -2.34. The molecule has 3 aromatic rings. The van der Waals surface area contributed by atoms with Gasteiger partial charge in [0.05, 0.1) is 38.7 Å². The number of halogens is 5. The number of sulfone groups is 1. The zero-order valence-electron chi connectivity index (χ0n) is 25.0. The average molecular weight is 694 g/mol. The Morgan fingerprint density at radius 1 is 1.13 bits per heavy atom. The first-order valence-electron chi connectivity index (χ1n) is 14.1. The number of benzene rings is 2. The predicted molar refractivity (Wildman–Crippen MR) is 165 cm³/mol. The molecule has 4 rings (SSSR count). The fourth-order valence-corrected chi connectivity index (χ4v) is 6.88. The van der Waals surface area contributed by atoms with Crippen molar-refractivity contribution in [3.05, 3.63) is 71.8 Å². The van der Waals surface area contributed by atoms with Crippen molar-refractivity contribution in [1.82, 2.24) is 19.8 Å². The fourth-order valence-electron chi connectivity index (χ4n) is 5.26. The summed E-state index contributed by atoms with van der Waals surface area (Å²) in [6, 6.07) is 4.13. The normalized spacial score (nSPS) is 16.6. The maximum Gasteiger partial charge on any atom is 0.416 e. The van der Waals surface area contributed by atoms with Crippen LogP contribution >= 0.6 is 23.2 Å². The van der Waals surface area contributed by atoms with E-state index in [-0.39, 0.29) is 51.4 Å². The minimum Gasteiger partial charge on any atom is -0.444 e. The number of H-pyrrole nitrogens is 1. The molecule has 0 spiro atoms. The number of nitrogens with one attached hydrogen (secondary N) is 2. The second-order valence-corrected chi connectivity index (χ2v) is 14.9. The van der Waals surface area contributed by atoms with Gasteiger partial charge in [-0.15, -0.1) is 0 Å². The average Bonchev–Trinajstić information content (AvgIpc) is 2.91. The van der Waals surface area contributed by atoms with E-state index in [1.165, 1.54) is 25.1 Å². The molecule has 0 radical (unpaired) electrons. The molecule has 0 saturated carbocycles. The molecule has 1 unspecified atom stereocenters. The standard InChI is InChI=1S/C29H33Cl2F3N4O6S/c1-5-45(42,43)22-9-8-17(30)11-16(22)13-38-25(39)19-12-21(29(32,33)34)20(23(31)24(19)36-26(38)40)15-37-10-6-7-18(14-37)35-27(41)44-28(2,3)4/h8-9,11-12,18H,5-7,10,13-15H2,1-4H3,(H,35,41)(H,36,40). The molecular formula is C29H33Cl2F3N4O6S. The molecule has 1 aliphatic heterocycles. The van der Waals surface area contributed by atoms with Crippen LogP contribution in [-0.2, 0) is 33.8 Å². The maximum atomic E-state index is 14.4. The van der Waals surface area contributed by atoms with E-state index in [0.717, 1.165) is 0 Å². The number of fused-ring (bicyclic) bond motifs is 1. The molecule has 1 atom stereocenters. The van der Waals surface area contributed by atoms with E-state index in [9.17, 15) is 36.0 Å². The van der Waals surface area contributed by atoms with Crippen LogP contribution in [0.2, 0.25) is 10.0 Å². The summed E-state index contributed by atoms with van der Waals surface area (Å²) < 4.78 is 74.5. The zero-order valence-corrected chi connectivity index (χ0v) is 27.3. The Labute approximate surface area is 267 Å². The molecule has 246 valence electrons. The van der Waals surface area contributed by atoms with Crippen molar-refractivity contribution in [3.8, 4) is 0 Å². The molecule has 1 aliphatic rings. The molecule has 0 bridgehead atoms. The van der Waals surface area contributed by atoms with Crippen molar-refractivity contribution >= 4 is 50.0 Å². The van der Waals surface area contributed by atoms with Crippen molar-refractivity contribution in [2.75, 3.05) is 18.8 Å². The summed E-state index contributed by atoms with van der Waals surface area (Å²) in [4.78, 5) is 42.9. The van der Waals surface area contributed by atoms with E-state index in [2.05, 4.69) is 10.3 Å². The molecule has 45 heavy (non-hydrogen) atoms. The zero-order chi connectivity index (χ0) is 33.5. The van der Waals surface area contributed by atoms with E-state index in [0.29, 0.717) is 30.0 Å². The summed E-state index contributed by atoms with van der Waals surface area (Å²) in [6.07, 6.45) is -4.39. The number of aromatic nitrogens is 2. The molecule has 2 heterocycles. The third kappa shape index (κ3) is 8.02. The quantitative estimate of drug-likeness (QED) is 0.342. The van der Waals surface area contributed by atoms with Gasteiger partial charge >= 0.3 is 18.0 Å². The van der Waals surface area contributed by atoms with Gasteiger partial charge in [-0.25, -0.2) is 18.0 Å². The van der Waals surface area contributed by atoms with Crippen molar-refractivity contribution < 1.29 is 31.1 Å². The van der Waals surface area contributed by atoms with Gasteiger partial charge in [-0.2, -0.15) is 13.2 Å². The highest BCUT2D eigenvalue weighted by atomic mass is 35.5. The van der Waals surface area contributed by atoms with Crippen molar-refractivity contribution in [2.24, 2.45) is 0 Å². The van der Waals surface area contributed by atoms with Crippen LogP contribution in [0.4, 0.5) is 18.0 Å². The van der Waals surface area contributed by atoms with Crippen LogP contribution in [0.5, 0.6) is 0 Å². The van der Waals surface area contributed by atoms with Crippen LogP contribution in [0.1, 0.15) is 57.2 Å². The van der Waals surface area contributed by atoms with Gasteiger partial charge in [0.1, 0.15) is 5.60 Å². The number of carbonyl (C=O) groups is 1. The Hall–Kier alpha value is -3.07. The fraction of sp³-hybridized carbons (Fsp3) is 0.483. The van der Waals surface area contributed by atoms with Crippen LogP contribution in [0.25, 0.3) is 10.9 Å². The third-order valence-corrected chi connectivity index (χ3v) is 9.78. The number of carbonyl (C=O) groups excluding carboxylic acids is 1. The van der Waals surface area contributed by atoms with Crippen LogP contribution in [0.15, 0.2) is 38.8 Å². The van der Waals surface area contributed by atoms with Crippen LogP contribution in [-0.4, -0.2) is 59.4 Å². The summed E-state index contributed by atoms with van der Waals surface area (Å²) in [5.74, 6) is -0.271. The summed E-state index contributed by atoms with van der Waals surface area (Å²) >= 11 is 12.6. The minimum absolute atomic E-state index is 0.0229. The minimum atomic E-state index is -4.92. The summed E-state index contributed by atoms with van der Waals surface area (Å²) in [5, 5.41) is 1.94.